The van der Waals surface area contributed by atoms with E-state index in [4.69, 9.17) is 9.78 Å². The van der Waals surface area contributed by atoms with E-state index in [1.54, 1.807) is 30.4 Å². The molecule has 1 saturated heterocycles. The maximum atomic E-state index is 12.6. The van der Waals surface area contributed by atoms with Crippen molar-refractivity contribution in [2.24, 2.45) is 11.8 Å². The molecular weight excluding hydrogens is 448 g/mol. The fourth-order valence-electron chi connectivity index (χ4n) is 4.13. The zero-order valence-electron chi connectivity index (χ0n) is 19.1. The van der Waals surface area contributed by atoms with Crippen LogP contribution in [0.25, 0.3) is 0 Å². The molecule has 3 amide bonds. The van der Waals surface area contributed by atoms with E-state index in [0.29, 0.717) is 25.7 Å². The Bertz CT molecular complexity index is 843. The third kappa shape index (κ3) is 7.29. The van der Waals surface area contributed by atoms with Crippen LogP contribution in [0.1, 0.15) is 43.7 Å². The van der Waals surface area contributed by atoms with Crippen LogP contribution >= 0.6 is 0 Å². The van der Waals surface area contributed by atoms with Crippen molar-refractivity contribution in [3.8, 4) is 0 Å². The Kier molecular flexibility index (Phi) is 9.89. The number of ketones is 1. The van der Waals surface area contributed by atoms with Crippen LogP contribution < -0.4 is 10.6 Å². The van der Waals surface area contributed by atoms with Crippen LogP contribution in [0.2, 0.25) is 0 Å². The third-order valence-electron chi connectivity index (χ3n) is 5.96. The maximum Gasteiger partial charge on any atom is 0.226 e. The van der Waals surface area contributed by atoms with Gasteiger partial charge in [-0.2, -0.15) is 0 Å². The second-order valence-electron chi connectivity index (χ2n) is 8.22. The van der Waals surface area contributed by atoms with E-state index in [1.807, 2.05) is 6.07 Å². The van der Waals surface area contributed by atoms with Gasteiger partial charge in [-0.25, -0.2) is 9.78 Å². The number of nitrogens with zero attached hydrogens (tertiary/aromatic N) is 2. The first-order valence-corrected chi connectivity index (χ1v) is 11.3. The van der Waals surface area contributed by atoms with Crippen molar-refractivity contribution in [1.29, 1.82) is 0 Å². The Morgan fingerprint density at radius 1 is 1.06 bits per heavy atom. The molecule has 1 aliphatic carbocycles. The van der Waals surface area contributed by atoms with Gasteiger partial charge in [-0.05, 0) is 34.5 Å². The first kappa shape index (κ1) is 25.7. The van der Waals surface area contributed by atoms with Crippen molar-refractivity contribution < 1.29 is 39.0 Å². The summed E-state index contributed by atoms with van der Waals surface area (Å²) in [6, 6.07) is 3.23. The fraction of sp³-hybridized carbons (Fsp3) is 0.591. The number of carbonyl (C=O) groups excluding carboxylic acids is 4. The summed E-state index contributed by atoms with van der Waals surface area (Å²) in [6.07, 6.45) is 5.45. The molecule has 0 spiro atoms. The Morgan fingerprint density at radius 3 is 2.32 bits per heavy atom. The molecule has 1 aliphatic heterocycles. The largest absolute Gasteiger partial charge is 0.353 e. The Hall–Kier alpha value is -2.93. The van der Waals surface area contributed by atoms with Crippen molar-refractivity contribution in [2.75, 3.05) is 33.4 Å². The third-order valence-corrected chi connectivity index (χ3v) is 5.96. The quantitative estimate of drug-likeness (QED) is 0.248. The molecule has 1 aromatic heterocycles. The van der Waals surface area contributed by atoms with E-state index in [1.165, 1.54) is 0 Å². The van der Waals surface area contributed by atoms with Crippen molar-refractivity contribution in [3.05, 3.63) is 30.1 Å². The van der Waals surface area contributed by atoms with Crippen molar-refractivity contribution >= 4 is 23.5 Å². The monoisotopic (exact) mass is 478 g/mol. The highest BCUT2D eigenvalue weighted by molar-refractivity contribution is 5.90. The van der Waals surface area contributed by atoms with E-state index in [2.05, 4.69) is 25.7 Å². The van der Waals surface area contributed by atoms with Crippen molar-refractivity contribution in [1.82, 2.24) is 20.5 Å². The van der Waals surface area contributed by atoms with Gasteiger partial charge in [0, 0.05) is 57.7 Å². The predicted molar refractivity (Wildman–Crippen MR) is 115 cm³/mol. The summed E-state index contributed by atoms with van der Waals surface area (Å²) < 4.78 is 0. The summed E-state index contributed by atoms with van der Waals surface area (Å²) in [5.41, 5.74) is 0.797. The van der Waals surface area contributed by atoms with Crippen LogP contribution in [-0.4, -0.2) is 66.7 Å². The number of Topliss-reactive ketones (excluding diaryl/α,β-unsaturated/α-hetero) is 1. The normalized spacial score (nSPS) is 21.0. The molecule has 2 heterocycles. The average molecular weight is 479 g/mol. The van der Waals surface area contributed by atoms with Gasteiger partial charge in [0.25, 0.3) is 0 Å². The van der Waals surface area contributed by atoms with Crippen LogP contribution in [0.5, 0.6) is 0 Å². The van der Waals surface area contributed by atoms with Gasteiger partial charge in [0.15, 0.2) is 0 Å². The van der Waals surface area contributed by atoms with Crippen molar-refractivity contribution in [3.63, 3.8) is 0 Å². The molecule has 12 heteroatoms. The summed E-state index contributed by atoms with van der Waals surface area (Å²) in [6.45, 7) is 0.377. The molecule has 3 rings (SSSR count). The van der Waals surface area contributed by atoms with Gasteiger partial charge in [-0.3, -0.25) is 24.2 Å². The van der Waals surface area contributed by atoms with Crippen LogP contribution in [0.15, 0.2) is 24.5 Å². The fourth-order valence-corrected chi connectivity index (χ4v) is 4.13. The number of hydrogen-bond acceptors (Lipinski definition) is 9. The molecule has 2 fully saturated rings. The zero-order valence-corrected chi connectivity index (χ0v) is 19.1. The Morgan fingerprint density at radius 2 is 1.71 bits per heavy atom. The summed E-state index contributed by atoms with van der Waals surface area (Å²) in [5, 5.41) is 14.2. The molecule has 34 heavy (non-hydrogen) atoms. The van der Waals surface area contributed by atoms with Crippen LogP contribution in [0.3, 0.4) is 0 Å². The Balaban J connectivity index is 1.23. The van der Waals surface area contributed by atoms with E-state index < -0.39 is 5.92 Å². The van der Waals surface area contributed by atoms with E-state index >= 15 is 0 Å². The maximum absolute atomic E-state index is 12.6. The number of carbonyl (C=O) groups is 4. The predicted octanol–water partition coefficient (Wildman–Crippen LogP) is 0.404. The SMILES string of the molecule is CN1C(=O)C[C@H](C(=O)NCCOOOOCCNC(=O)C2CCC(=O)CC2)[C@H]1c1cccnc1. The topological polar surface area (TPSA) is 145 Å². The van der Waals surface area contributed by atoms with Gasteiger partial charge in [-0.1, -0.05) is 6.07 Å². The highest BCUT2D eigenvalue weighted by Gasteiger charge is 2.42. The van der Waals surface area contributed by atoms with Crippen LogP contribution in [0, 0.1) is 11.8 Å². The highest BCUT2D eigenvalue weighted by Crippen LogP contribution is 2.36. The number of hydrogen-bond donors (Lipinski definition) is 2. The standard InChI is InChI=1S/C22H30N4O8/c1-26-19(28)13-18(20(26)16-3-2-8-23-14-16)22(30)25-10-12-32-34-33-31-11-9-24-21(29)15-4-6-17(27)7-5-15/h2-3,8,14-15,18,20H,4-7,9-13H2,1H3,(H,24,29)(H,25,30)/t18-,20+/m0/s1. The smallest absolute Gasteiger partial charge is 0.226 e. The molecule has 2 N–H and O–H groups in total. The number of nitrogens with one attached hydrogen (secondary N) is 2. The molecule has 0 bridgehead atoms. The van der Waals surface area contributed by atoms with Gasteiger partial charge >= 0.3 is 0 Å². The number of amides is 3. The lowest BCUT2D eigenvalue weighted by molar-refractivity contribution is -0.633. The number of aromatic nitrogens is 1. The summed E-state index contributed by atoms with van der Waals surface area (Å²) in [5.74, 6) is -0.963. The highest BCUT2D eigenvalue weighted by atomic mass is 17.7. The summed E-state index contributed by atoms with van der Waals surface area (Å²) in [7, 11) is 1.67. The van der Waals surface area contributed by atoms with Gasteiger partial charge < -0.3 is 15.5 Å². The number of likely N-dealkylation sites (tertiary alicyclic amines) is 1. The Labute approximate surface area is 197 Å². The van der Waals surface area contributed by atoms with Crippen LogP contribution in [-0.2, 0) is 39.0 Å². The summed E-state index contributed by atoms with van der Waals surface area (Å²) >= 11 is 0. The van der Waals surface area contributed by atoms with E-state index in [-0.39, 0.29) is 68.2 Å². The average Bonchev–Trinajstić information content (AvgIpc) is 3.15. The van der Waals surface area contributed by atoms with Gasteiger partial charge in [0.1, 0.15) is 19.0 Å². The summed E-state index contributed by atoms with van der Waals surface area (Å²) in [4.78, 5) is 63.0. The number of pyridine rings is 1. The minimum atomic E-state index is -0.536. The molecule has 2 atom stereocenters. The first-order chi connectivity index (χ1) is 16.5. The molecule has 12 nitrogen and oxygen atoms in total. The van der Waals surface area contributed by atoms with Crippen molar-refractivity contribution in [2.45, 2.75) is 38.1 Å². The van der Waals surface area contributed by atoms with Crippen LogP contribution in [0.4, 0.5) is 0 Å². The minimum absolute atomic E-state index is 0.0136. The van der Waals surface area contributed by atoms with Gasteiger partial charge in [0.05, 0.1) is 12.0 Å². The molecule has 0 unspecified atom stereocenters. The first-order valence-electron chi connectivity index (χ1n) is 11.3. The molecule has 186 valence electrons. The zero-order chi connectivity index (χ0) is 24.3. The molecule has 1 aromatic rings. The second-order valence-corrected chi connectivity index (χ2v) is 8.22. The molecular formula is C22H30N4O8. The van der Waals surface area contributed by atoms with Gasteiger partial charge in [-0.15, -0.1) is 0 Å². The molecule has 0 radical (unpaired) electrons. The lowest BCUT2D eigenvalue weighted by atomic mass is 9.88. The van der Waals surface area contributed by atoms with E-state index in [0.717, 1.165) is 5.56 Å². The lowest BCUT2D eigenvalue weighted by Crippen LogP contribution is -2.36. The number of rotatable bonds is 12. The second kappa shape index (κ2) is 13.1. The van der Waals surface area contributed by atoms with Gasteiger partial charge in [0.2, 0.25) is 17.7 Å². The molecule has 0 aromatic carbocycles. The molecule has 1 saturated carbocycles. The van der Waals surface area contributed by atoms with E-state index in [9.17, 15) is 19.2 Å². The lowest BCUT2D eigenvalue weighted by Gasteiger charge is -2.24. The molecule has 2 aliphatic rings. The minimum Gasteiger partial charge on any atom is -0.353 e.